The van der Waals surface area contributed by atoms with Crippen molar-refractivity contribution < 1.29 is 15.3 Å². The van der Waals surface area contributed by atoms with Crippen molar-refractivity contribution in [3.8, 4) is 0 Å². The van der Waals surface area contributed by atoms with Crippen LogP contribution in [0.2, 0.25) is 0 Å². The van der Waals surface area contributed by atoms with Gasteiger partial charge in [0.05, 0.1) is 25.4 Å². The Balaban J connectivity index is 2.58. The quantitative estimate of drug-likeness (QED) is 0.556. The summed E-state index contributed by atoms with van der Waals surface area (Å²) in [4.78, 5) is 0. The van der Waals surface area contributed by atoms with Crippen molar-refractivity contribution in [3.63, 3.8) is 0 Å². The summed E-state index contributed by atoms with van der Waals surface area (Å²) in [5.41, 5.74) is 0.0309. The van der Waals surface area contributed by atoms with E-state index in [9.17, 15) is 0 Å². The third-order valence-corrected chi connectivity index (χ3v) is 3.21. The Labute approximate surface area is 108 Å². The summed E-state index contributed by atoms with van der Waals surface area (Å²) in [7, 11) is 0. The summed E-state index contributed by atoms with van der Waals surface area (Å²) in [5.74, 6) is 0. The van der Waals surface area contributed by atoms with Crippen molar-refractivity contribution in [1.82, 2.24) is 5.32 Å². The molecule has 4 nitrogen and oxygen atoms in total. The van der Waals surface area contributed by atoms with E-state index >= 15 is 0 Å². The first-order valence-electron chi connectivity index (χ1n) is 4.98. The van der Waals surface area contributed by atoms with E-state index in [0.29, 0.717) is 6.54 Å². The van der Waals surface area contributed by atoms with Gasteiger partial charge >= 0.3 is 0 Å². The number of benzene rings is 1. The topological polar surface area (TPSA) is 72.7 Å². The lowest BCUT2D eigenvalue weighted by molar-refractivity contribution is 0.0414. The third kappa shape index (κ3) is 3.67. The zero-order chi connectivity index (χ0) is 12.0. The predicted octanol–water partition coefficient (Wildman–Crippen LogP) is 0.0965. The zero-order valence-corrected chi connectivity index (χ0v) is 11.0. The maximum Gasteiger partial charge on any atom is 0.0884 e. The maximum absolute atomic E-state index is 9.11. The van der Waals surface area contributed by atoms with Crippen molar-refractivity contribution in [2.75, 3.05) is 19.8 Å². The van der Waals surface area contributed by atoms with E-state index in [1.165, 1.54) is 0 Å². The summed E-state index contributed by atoms with van der Waals surface area (Å²) in [6, 6.07) is 7.89. The number of aliphatic hydroxyl groups is 3. The first-order valence-corrected chi connectivity index (χ1v) is 6.06. The molecule has 0 heterocycles. The highest BCUT2D eigenvalue weighted by Gasteiger charge is 2.26. The summed E-state index contributed by atoms with van der Waals surface area (Å²) in [6.07, 6.45) is 0. The summed E-state index contributed by atoms with van der Waals surface area (Å²) in [6.45, 7) is -0.405. The van der Waals surface area contributed by atoms with Crippen LogP contribution in [0.5, 0.6) is 0 Å². The molecule has 0 amide bonds. The molecule has 0 aromatic heterocycles. The van der Waals surface area contributed by atoms with Crippen LogP contribution in [0.15, 0.2) is 24.3 Å². The Kier molecular flexibility index (Phi) is 5.63. The second-order valence-corrected chi connectivity index (χ2v) is 4.98. The molecule has 0 aliphatic heterocycles. The van der Waals surface area contributed by atoms with Gasteiger partial charge in [0.1, 0.15) is 0 Å². The van der Waals surface area contributed by atoms with E-state index in [-0.39, 0.29) is 19.8 Å². The van der Waals surface area contributed by atoms with E-state index in [4.69, 9.17) is 15.3 Å². The minimum Gasteiger partial charge on any atom is -0.394 e. The van der Waals surface area contributed by atoms with Gasteiger partial charge in [0.15, 0.2) is 0 Å². The normalized spacial score (nSPS) is 11.8. The fourth-order valence-electron chi connectivity index (χ4n) is 1.21. The third-order valence-electron chi connectivity index (χ3n) is 2.49. The number of rotatable bonds is 6. The van der Waals surface area contributed by atoms with E-state index < -0.39 is 5.54 Å². The van der Waals surface area contributed by atoms with Crippen LogP contribution in [0, 0.1) is 3.57 Å². The average molecular weight is 337 g/mol. The zero-order valence-electron chi connectivity index (χ0n) is 8.86. The highest BCUT2D eigenvalue weighted by Crippen LogP contribution is 2.09. The van der Waals surface area contributed by atoms with Gasteiger partial charge in [0.2, 0.25) is 0 Å². The fraction of sp³-hybridized carbons (Fsp3) is 0.455. The van der Waals surface area contributed by atoms with Gasteiger partial charge < -0.3 is 20.6 Å². The van der Waals surface area contributed by atoms with Crippen molar-refractivity contribution in [1.29, 1.82) is 0 Å². The second kappa shape index (κ2) is 6.51. The molecule has 0 atom stereocenters. The van der Waals surface area contributed by atoms with E-state index in [1.54, 1.807) is 0 Å². The lowest BCUT2D eigenvalue weighted by Gasteiger charge is -2.28. The molecule has 0 radical (unpaired) electrons. The molecule has 0 unspecified atom stereocenters. The van der Waals surface area contributed by atoms with Gasteiger partial charge in [-0.2, -0.15) is 0 Å². The molecule has 0 spiro atoms. The molecule has 4 N–H and O–H groups in total. The van der Waals surface area contributed by atoms with Crippen LogP contribution in [0.1, 0.15) is 5.56 Å². The summed E-state index contributed by atoms with van der Waals surface area (Å²) in [5, 5.41) is 30.3. The highest BCUT2D eigenvalue weighted by atomic mass is 127. The van der Waals surface area contributed by atoms with E-state index in [2.05, 4.69) is 27.9 Å². The van der Waals surface area contributed by atoms with Crippen molar-refractivity contribution in [2.24, 2.45) is 0 Å². The van der Waals surface area contributed by atoms with Crippen LogP contribution in [0.3, 0.4) is 0 Å². The molecular formula is C11H16INO3. The Bertz CT molecular complexity index is 303. The number of nitrogens with one attached hydrogen (secondary N) is 1. The molecule has 0 aliphatic carbocycles. The van der Waals surface area contributed by atoms with Crippen LogP contribution in [-0.2, 0) is 6.54 Å². The standard InChI is InChI=1S/C11H16INO3/c12-10-3-1-9(2-4-10)5-13-11(6-14,7-15)8-16/h1-4,13-16H,5-8H2. The van der Waals surface area contributed by atoms with Gasteiger partial charge in [0, 0.05) is 10.1 Å². The van der Waals surface area contributed by atoms with Crippen LogP contribution in [-0.4, -0.2) is 40.7 Å². The first-order chi connectivity index (χ1) is 7.65. The lowest BCUT2D eigenvalue weighted by Crippen LogP contribution is -2.54. The molecule has 5 heteroatoms. The minimum atomic E-state index is -1.01. The Morgan fingerprint density at radius 1 is 1.00 bits per heavy atom. The van der Waals surface area contributed by atoms with Crippen LogP contribution in [0.25, 0.3) is 0 Å². The van der Waals surface area contributed by atoms with Gasteiger partial charge in [-0.1, -0.05) is 12.1 Å². The molecule has 0 saturated carbocycles. The largest absolute Gasteiger partial charge is 0.394 e. The second-order valence-electron chi connectivity index (χ2n) is 3.73. The van der Waals surface area contributed by atoms with Gasteiger partial charge in [-0.3, -0.25) is 0 Å². The van der Waals surface area contributed by atoms with Gasteiger partial charge in [0.25, 0.3) is 0 Å². The van der Waals surface area contributed by atoms with Crippen molar-refractivity contribution >= 4 is 22.6 Å². The fourth-order valence-corrected chi connectivity index (χ4v) is 1.57. The number of halogens is 1. The highest BCUT2D eigenvalue weighted by molar-refractivity contribution is 14.1. The smallest absolute Gasteiger partial charge is 0.0884 e. The van der Waals surface area contributed by atoms with Crippen LogP contribution in [0.4, 0.5) is 0 Å². The molecule has 0 aliphatic rings. The molecule has 1 rings (SSSR count). The van der Waals surface area contributed by atoms with Gasteiger partial charge in [-0.25, -0.2) is 0 Å². The maximum atomic E-state index is 9.11. The van der Waals surface area contributed by atoms with Crippen molar-refractivity contribution in [3.05, 3.63) is 33.4 Å². The summed E-state index contributed by atoms with van der Waals surface area (Å²) >= 11 is 2.22. The first kappa shape index (κ1) is 13.9. The number of aliphatic hydroxyl groups excluding tert-OH is 3. The molecule has 0 saturated heterocycles. The molecule has 16 heavy (non-hydrogen) atoms. The van der Waals surface area contributed by atoms with Gasteiger partial charge in [-0.15, -0.1) is 0 Å². The molecule has 1 aromatic rings. The molecule has 0 fully saturated rings. The minimum absolute atomic E-state index is 0.301. The Morgan fingerprint density at radius 3 is 1.94 bits per heavy atom. The number of hydrogen-bond acceptors (Lipinski definition) is 4. The van der Waals surface area contributed by atoms with E-state index in [1.807, 2.05) is 24.3 Å². The van der Waals surface area contributed by atoms with E-state index in [0.717, 1.165) is 9.13 Å². The number of hydrogen-bond donors (Lipinski definition) is 4. The average Bonchev–Trinajstić information content (AvgIpc) is 2.34. The molecule has 0 bridgehead atoms. The predicted molar refractivity (Wildman–Crippen MR) is 70.0 cm³/mol. The van der Waals surface area contributed by atoms with Crippen LogP contribution >= 0.6 is 22.6 Å². The lowest BCUT2D eigenvalue weighted by atomic mass is 10.0. The van der Waals surface area contributed by atoms with Crippen LogP contribution < -0.4 is 5.32 Å². The van der Waals surface area contributed by atoms with Crippen molar-refractivity contribution in [2.45, 2.75) is 12.1 Å². The molecular weight excluding hydrogens is 321 g/mol. The molecule has 90 valence electrons. The SMILES string of the molecule is OCC(CO)(CO)NCc1ccc(I)cc1. The Morgan fingerprint density at radius 2 is 1.50 bits per heavy atom. The monoisotopic (exact) mass is 337 g/mol. The summed E-state index contributed by atoms with van der Waals surface area (Å²) < 4.78 is 1.15. The van der Waals surface area contributed by atoms with Gasteiger partial charge in [-0.05, 0) is 40.3 Å². The Hall–Kier alpha value is -0.210. The molecule has 1 aromatic carbocycles.